The summed E-state index contributed by atoms with van der Waals surface area (Å²) >= 11 is 0. The molecule has 3 unspecified atom stereocenters. The van der Waals surface area contributed by atoms with Gasteiger partial charge in [0.2, 0.25) is 0 Å². The third kappa shape index (κ3) is 1.91. The molecule has 1 aliphatic carbocycles. The summed E-state index contributed by atoms with van der Waals surface area (Å²) in [7, 11) is 0. The molecule has 86 valence electrons. The van der Waals surface area contributed by atoms with Crippen molar-refractivity contribution in [1.29, 1.82) is 0 Å². The van der Waals surface area contributed by atoms with Gasteiger partial charge in [-0.1, -0.05) is 43.4 Å². The van der Waals surface area contributed by atoms with Crippen LogP contribution in [-0.4, -0.2) is 17.1 Å². The van der Waals surface area contributed by atoms with Crippen LogP contribution in [0.2, 0.25) is 0 Å². The lowest BCUT2D eigenvalue weighted by molar-refractivity contribution is 0.183. The molecule has 0 aromatic heterocycles. The van der Waals surface area contributed by atoms with Gasteiger partial charge < -0.3 is 0 Å². The van der Waals surface area contributed by atoms with E-state index in [1.165, 1.54) is 5.57 Å². The first kappa shape index (κ1) is 11.4. The van der Waals surface area contributed by atoms with Crippen LogP contribution in [0.4, 0.5) is 0 Å². The Kier molecular flexibility index (Phi) is 3.42. The van der Waals surface area contributed by atoms with Crippen LogP contribution >= 0.6 is 0 Å². The zero-order valence-electron chi connectivity index (χ0n) is 9.84. The fourth-order valence-corrected chi connectivity index (χ4v) is 2.47. The van der Waals surface area contributed by atoms with Crippen LogP contribution < -0.4 is 5.84 Å². The average molecular weight is 216 g/mol. The van der Waals surface area contributed by atoms with E-state index in [1.54, 1.807) is 0 Å². The molecule has 3 rings (SSSR count). The highest BCUT2D eigenvalue weighted by Crippen LogP contribution is 2.32. The second kappa shape index (κ2) is 4.81. The Bertz CT molecular complexity index is 352. The minimum atomic E-state index is 0.242. The third-order valence-electron chi connectivity index (χ3n) is 3.41. The van der Waals surface area contributed by atoms with Gasteiger partial charge in [-0.15, -0.1) is 6.58 Å². The molecule has 2 heteroatoms. The minimum Gasteiger partial charge on any atom is -0.268 e. The number of nitrogens with zero attached hydrogens (tertiary/aromatic N) is 1. The number of hydrogen-bond acceptors (Lipinski definition) is 2. The van der Waals surface area contributed by atoms with Crippen molar-refractivity contribution in [1.82, 2.24) is 5.01 Å². The molecule has 0 spiro atoms. The first-order chi connectivity index (χ1) is 7.77. The lowest BCUT2D eigenvalue weighted by Crippen LogP contribution is -2.47. The van der Waals surface area contributed by atoms with Gasteiger partial charge >= 0.3 is 0 Å². The Morgan fingerprint density at radius 2 is 2.44 bits per heavy atom. The predicted molar refractivity (Wildman–Crippen MR) is 68.6 cm³/mol. The molecular formula is C14H20N2. The van der Waals surface area contributed by atoms with Gasteiger partial charge in [0, 0.05) is 12.0 Å². The van der Waals surface area contributed by atoms with Crippen molar-refractivity contribution in [2.45, 2.75) is 31.8 Å². The number of fused-ring (bicyclic) bond motifs is 3. The van der Waals surface area contributed by atoms with Crippen molar-refractivity contribution in [3.05, 3.63) is 48.6 Å². The summed E-state index contributed by atoms with van der Waals surface area (Å²) < 4.78 is 0. The molecule has 2 nitrogen and oxygen atoms in total. The standard InChI is InChI=1S/C14H20N2/c1-3-5-6-14-13(4-2)11-7-9-12(10-8-11)16(14)15/h4-9,12-14H,2-3,10,15H2,1H3/b6-5-. The van der Waals surface area contributed by atoms with E-state index in [2.05, 4.69) is 43.9 Å². The summed E-state index contributed by atoms with van der Waals surface area (Å²) in [4.78, 5) is 0. The summed E-state index contributed by atoms with van der Waals surface area (Å²) in [5, 5.41) is 1.96. The summed E-state index contributed by atoms with van der Waals surface area (Å²) in [6.07, 6.45) is 15.2. The topological polar surface area (TPSA) is 29.3 Å². The van der Waals surface area contributed by atoms with Gasteiger partial charge in [-0.25, -0.2) is 5.01 Å². The van der Waals surface area contributed by atoms with Gasteiger partial charge in [0.15, 0.2) is 0 Å². The van der Waals surface area contributed by atoms with Crippen LogP contribution in [0, 0.1) is 5.92 Å². The molecule has 2 heterocycles. The summed E-state index contributed by atoms with van der Waals surface area (Å²) in [6, 6.07) is 0.575. The van der Waals surface area contributed by atoms with Crippen molar-refractivity contribution in [2.24, 2.45) is 11.8 Å². The number of rotatable bonds is 3. The van der Waals surface area contributed by atoms with Crippen LogP contribution in [-0.2, 0) is 0 Å². The van der Waals surface area contributed by atoms with Crippen molar-refractivity contribution in [3.63, 3.8) is 0 Å². The lowest BCUT2D eigenvalue weighted by atomic mass is 9.90. The fraction of sp³-hybridized carbons (Fsp3) is 0.429. The van der Waals surface area contributed by atoms with E-state index in [-0.39, 0.29) is 6.04 Å². The van der Waals surface area contributed by atoms with E-state index >= 15 is 0 Å². The molecule has 0 radical (unpaired) electrons. The molecule has 0 saturated carbocycles. The van der Waals surface area contributed by atoms with Gasteiger partial charge in [0.25, 0.3) is 0 Å². The van der Waals surface area contributed by atoms with Crippen molar-refractivity contribution >= 4 is 0 Å². The van der Waals surface area contributed by atoms with Gasteiger partial charge in [0.05, 0.1) is 6.04 Å². The van der Waals surface area contributed by atoms with E-state index in [4.69, 9.17) is 5.84 Å². The highest BCUT2D eigenvalue weighted by molar-refractivity contribution is 5.35. The zero-order valence-corrected chi connectivity index (χ0v) is 9.84. The maximum atomic E-state index is 6.22. The van der Waals surface area contributed by atoms with E-state index in [1.807, 2.05) is 11.1 Å². The van der Waals surface area contributed by atoms with Crippen molar-refractivity contribution in [3.8, 4) is 0 Å². The average Bonchev–Trinajstić information content (AvgIpc) is 2.53. The van der Waals surface area contributed by atoms with Gasteiger partial charge in [-0.2, -0.15) is 0 Å². The second-order valence-electron chi connectivity index (χ2n) is 4.40. The Balaban J connectivity index is 2.32. The Hall–Kier alpha value is -1.12. The molecule has 0 aromatic rings. The SMILES string of the molecule is C=CC1C2=CCC(C=C2)N(N)C1/C=C\CC. The van der Waals surface area contributed by atoms with Crippen LogP contribution in [0.5, 0.6) is 0 Å². The summed E-state index contributed by atoms with van der Waals surface area (Å²) in [5.74, 6) is 6.53. The highest BCUT2D eigenvalue weighted by Gasteiger charge is 2.32. The second-order valence-corrected chi connectivity index (χ2v) is 4.40. The van der Waals surface area contributed by atoms with Crippen LogP contribution in [0.15, 0.2) is 48.6 Å². The number of allylic oxidation sites excluding steroid dienone is 2. The predicted octanol–water partition coefficient (Wildman–Crippen LogP) is 2.57. The van der Waals surface area contributed by atoms with E-state index in [0.29, 0.717) is 12.0 Å². The van der Waals surface area contributed by atoms with Gasteiger partial charge in [-0.05, 0) is 18.4 Å². The Morgan fingerprint density at radius 3 is 3.00 bits per heavy atom. The van der Waals surface area contributed by atoms with Crippen LogP contribution in [0.3, 0.4) is 0 Å². The molecular weight excluding hydrogens is 196 g/mol. The quantitative estimate of drug-likeness (QED) is 0.580. The van der Waals surface area contributed by atoms with Crippen LogP contribution in [0.1, 0.15) is 19.8 Å². The Labute approximate surface area is 97.8 Å². The molecule has 16 heavy (non-hydrogen) atoms. The fourth-order valence-electron chi connectivity index (χ4n) is 2.47. The first-order valence-electron chi connectivity index (χ1n) is 5.98. The molecule has 3 aliphatic rings. The molecule has 3 atom stereocenters. The van der Waals surface area contributed by atoms with E-state index in [9.17, 15) is 0 Å². The largest absolute Gasteiger partial charge is 0.268 e. The number of hydrogen-bond donors (Lipinski definition) is 1. The van der Waals surface area contributed by atoms with E-state index in [0.717, 1.165) is 12.8 Å². The molecule has 2 aliphatic heterocycles. The van der Waals surface area contributed by atoms with Crippen LogP contribution in [0.25, 0.3) is 0 Å². The summed E-state index contributed by atoms with van der Waals surface area (Å²) in [5.41, 5.74) is 1.35. The first-order valence-corrected chi connectivity index (χ1v) is 5.98. The number of hydrazine groups is 1. The smallest absolute Gasteiger partial charge is 0.0531 e. The number of nitrogens with two attached hydrogens (primary N) is 1. The normalized spacial score (nSPS) is 34.1. The maximum Gasteiger partial charge on any atom is 0.0531 e. The lowest BCUT2D eigenvalue weighted by Gasteiger charge is -2.30. The monoisotopic (exact) mass is 216 g/mol. The van der Waals surface area contributed by atoms with Gasteiger partial charge in [0.1, 0.15) is 0 Å². The Morgan fingerprint density at radius 1 is 1.62 bits per heavy atom. The molecule has 2 bridgehead atoms. The molecule has 0 aromatic carbocycles. The molecule has 0 fully saturated rings. The van der Waals surface area contributed by atoms with Crippen molar-refractivity contribution < 1.29 is 0 Å². The van der Waals surface area contributed by atoms with Crippen molar-refractivity contribution in [2.75, 3.05) is 0 Å². The minimum absolute atomic E-state index is 0.242. The maximum absolute atomic E-state index is 6.22. The van der Waals surface area contributed by atoms with Gasteiger partial charge in [-0.3, -0.25) is 5.84 Å². The molecule has 0 saturated heterocycles. The molecule has 2 N–H and O–H groups in total. The third-order valence-corrected chi connectivity index (χ3v) is 3.41. The summed E-state index contributed by atoms with van der Waals surface area (Å²) in [6.45, 7) is 6.09. The highest BCUT2D eigenvalue weighted by atomic mass is 15.4. The molecule has 0 amide bonds. The van der Waals surface area contributed by atoms with E-state index < -0.39 is 0 Å². The zero-order chi connectivity index (χ0) is 11.5.